The van der Waals surface area contributed by atoms with Crippen LogP contribution in [0, 0.1) is 6.92 Å². The lowest BCUT2D eigenvalue weighted by atomic mass is 10.2. The number of amides is 2. The van der Waals surface area contributed by atoms with E-state index in [4.69, 9.17) is 5.73 Å². The molecule has 25 heavy (non-hydrogen) atoms. The molecule has 2 amide bonds. The maximum Gasteiger partial charge on any atom is 0.234 e. The Morgan fingerprint density at radius 1 is 1.36 bits per heavy atom. The Labute approximate surface area is 150 Å². The highest BCUT2D eigenvalue weighted by atomic mass is 32.2. The van der Waals surface area contributed by atoms with Crippen LogP contribution in [0.3, 0.4) is 0 Å². The predicted molar refractivity (Wildman–Crippen MR) is 96.3 cm³/mol. The molecule has 0 radical (unpaired) electrons. The predicted octanol–water partition coefficient (Wildman–Crippen LogP) is 2.07. The van der Waals surface area contributed by atoms with E-state index >= 15 is 0 Å². The first-order valence-electron chi connectivity index (χ1n) is 8.23. The fourth-order valence-electron chi connectivity index (χ4n) is 2.53. The molecule has 1 aliphatic carbocycles. The molecule has 1 saturated carbocycles. The number of carbonyl (C=O) groups excluding carboxylic acids is 2. The first-order chi connectivity index (χ1) is 12.0. The van der Waals surface area contributed by atoms with Crippen LogP contribution in [0.5, 0.6) is 0 Å². The molecule has 3 N–H and O–H groups in total. The smallest absolute Gasteiger partial charge is 0.234 e. The second-order valence-corrected chi connectivity index (χ2v) is 7.13. The number of primary amides is 1. The molecule has 0 atom stereocenters. The number of thioether (sulfide) groups is 1. The van der Waals surface area contributed by atoms with Gasteiger partial charge in [0.05, 0.1) is 5.75 Å². The first kappa shape index (κ1) is 17.5. The molecule has 1 fully saturated rings. The summed E-state index contributed by atoms with van der Waals surface area (Å²) in [6, 6.07) is 7.66. The average molecular weight is 359 g/mol. The molecule has 1 aromatic heterocycles. The summed E-state index contributed by atoms with van der Waals surface area (Å²) in [6.45, 7) is 2.43. The molecule has 0 saturated heterocycles. The van der Waals surface area contributed by atoms with Gasteiger partial charge in [0.15, 0.2) is 5.16 Å². The lowest BCUT2D eigenvalue weighted by molar-refractivity contribution is -0.118. The molecular weight excluding hydrogens is 338 g/mol. The quantitative estimate of drug-likeness (QED) is 0.702. The summed E-state index contributed by atoms with van der Waals surface area (Å²) in [4.78, 5) is 23.3. The van der Waals surface area contributed by atoms with Crippen molar-refractivity contribution in [3.63, 3.8) is 0 Å². The zero-order valence-corrected chi connectivity index (χ0v) is 14.9. The molecule has 1 aliphatic rings. The van der Waals surface area contributed by atoms with Crippen LogP contribution in [0.15, 0.2) is 29.4 Å². The minimum Gasteiger partial charge on any atom is -0.370 e. The molecule has 8 heteroatoms. The topological polar surface area (TPSA) is 103 Å². The average Bonchev–Trinajstić information content (AvgIpc) is 3.32. The number of aromatic nitrogens is 3. The van der Waals surface area contributed by atoms with Gasteiger partial charge in [-0.3, -0.25) is 9.59 Å². The molecule has 0 aliphatic heterocycles. The third-order valence-electron chi connectivity index (χ3n) is 3.90. The Morgan fingerprint density at radius 2 is 2.16 bits per heavy atom. The van der Waals surface area contributed by atoms with Crippen LogP contribution < -0.4 is 11.1 Å². The number of hydrogen-bond donors (Lipinski definition) is 2. The van der Waals surface area contributed by atoms with Gasteiger partial charge < -0.3 is 15.6 Å². The summed E-state index contributed by atoms with van der Waals surface area (Å²) in [7, 11) is 0. The first-order valence-corrected chi connectivity index (χ1v) is 9.22. The van der Waals surface area contributed by atoms with E-state index in [2.05, 4.69) is 15.5 Å². The van der Waals surface area contributed by atoms with Gasteiger partial charge in [-0.15, -0.1) is 10.2 Å². The standard InChI is InChI=1S/C17H21N5O2S/c1-11-3-2-4-13(9-11)19-15(24)10-25-17-21-20-16(12-5-6-12)22(17)8-7-14(18)23/h2-4,9,12H,5-8,10H2,1H3,(H2,18,23)(H,19,24). The summed E-state index contributed by atoms with van der Waals surface area (Å²) in [5, 5.41) is 12.0. The SMILES string of the molecule is Cc1cccc(NC(=O)CSc2nnc(C3CC3)n2CCC(N)=O)c1. The fourth-order valence-corrected chi connectivity index (χ4v) is 3.30. The summed E-state index contributed by atoms with van der Waals surface area (Å²) in [5.41, 5.74) is 7.12. The van der Waals surface area contributed by atoms with Crippen LogP contribution in [0.1, 0.15) is 36.6 Å². The second-order valence-electron chi connectivity index (χ2n) is 6.19. The number of aryl methyl sites for hydroxylation is 1. The van der Waals surface area contributed by atoms with Gasteiger partial charge in [-0.05, 0) is 37.5 Å². The van der Waals surface area contributed by atoms with E-state index in [1.54, 1.807) is 0 Å². The van der Waals surface area contributed by atoms with Crippen molar-refractivity contribution in [1.82, 2.24) is 14.8 Å². The number of nitrogens with zero attached hydrogens (tertiary/aromatic N) is 3. The van der Waals surface area contributed by atoms with Crippen LogP contribution in [-0.2, 0) is 16.1 Å². The molecule has 0 spiro atoms. The van der Waals surface area contributed by atoms with Crippen molar-refractivity contribution in [1.29, 1.82) is 0 Å². The van der Waals surface area contributed by atoms with Gasteiger partial charge in [0.1, 0.15) is 5.82 Å². The second kappa shape index (κ2) is 7.69. The van der Waals surface area contributed by atoms with Gasteiger partial charge in [-0.1, -0.05) is 23.9 Å². The molecule has 0 unspecified atom stereocenters. The van der Waals surface area contributed by atoms with Gasteiger partial charge in [0.2, 0.25) is 11.8 Å². The zero-order chi connectivity index (χ0) is 17.8. The molecule has 1 aromatic carbocycles. The van der Waals surface area contributed by atoms with Gasteiger partial charge in [-0.25, -0.2) is 0 Å². The minimum atomic E-state index is -0.358. The Hall–Kier alpha value is -2.35. The normalized spacial score (nSPS) is 13.6. The summed E-state index contributed by atoms with van der Waals surface area (Å²) >= 11 is 1.32. The highest BCUT2D eigenvalue weighted by Crippen LogP contribution is 2.40. The van der Waals surface area contributed by atoms with Crippen molar-refractivity contribution >= 4 is 29.3 Å². The van der Waals surface area contributed by atoms with Gasteiger partial charge in [0.25, 0.3) is 0 Å². The molecule has 7 nitrogen and oxygen atoms in total. The van der Waals surface area contributed by atoms with Crippen LogP contribution in [0.4, 0.5) is 5.69 Å². The largest absolute Gasteiger partial charge is 0.370 e. The van der Waals surface area contributed by atoms with Crippen molar-refractivity contribution in [2.45, 2.75) is 43.8 Å². The Morgan fingerprint density at radius 3 is 2.84 bits per heavy atom. The molecule has 0 bridgehead atoms. The lowest BCUT2D eigenvalue weighted by Crippen LogP contribution is -2.17. The Kier molecular flexibility index (Phi) is 5.37. The van der Waals surface area contributed by atoms with Gasteiger partial charge >= 0.3 is 0 Å². The van der Waals surface area contributed by atoms with E-state index in [0.29, 0.717) is 17.6 Å². The van der Waals surface area contributed by atoms with E-state index in [1.807, 2.05) is 35.8 Å². The van der Waals surface area contributed by atoms with E-state index < -0.39 is 0 Å². The van der Waals surface area contributed by atoms with Crippen LogP contribution in [0.2, 0.25) is 0 Å². The Bertz CT molecular complexity index is 785. The number of nitrogens with one attached hydrogen (secondary N) is 1. The maximum absolute atomic E-state index is 12.2. The third kappa shape index (κ3) is 4.82. The van der Waals surface area contributed by atoms with Crippen molar-refractivity contribution < 1.29 is 9.59 Å². The molecular formula is C17H21N5O2S. The summed E-state index contributed by atoms with van der Waals surface area (Å²) in [5.74, 6) is 1.07. The summed E-state index contributed by atoms with van der Waals surface area (Å²) < 4.78 is 1.92. The number of nitrogens with two attached hydrogens (primary N) is 1. The van der Waals surface area contributed by atoms with Crippen molar-refractivity contribution in [2.24, 2.45) is 5.73 Å². The van der Waals surface area contributed by atoms with Crippen molar-refractivity contribution in [3.8, 4) is 0 Å². The zero-order valence-electron chi connectivity index (χ0n) is 14.1. The van der Waals surface area contributed by atoms with Crippen LogP contribution in [0.25, 0.3) is 0 Å². The third-order valence-corrected chi connectivity index (χ3v) is 4.87. The lowest BCUT2D eigenvalue weighted by Gasteiger charge is -2.09. The van der Waals surface area contributed by atoms with Crippen molar-refractivity contribution in [3.05, 3.63) is 35.7 Å². The number of rotatable bonds is 8. The van der Waals surface area contributed by atoms with E-state index in [1.165, 1.54) is 11.8 Å². The van der Waals surface area contributed by atoms with Gasteiger partial charge in [0, 0.05) is 24.6 Å². The molecule has 1 heterocycles. The number of hydrogen-bond acceptors (Lipinski definition) is 5. The van der Waals surface area contributed by atoms with Crippen molar-refractivity contribution in [2.75, 3.05) is 11.1 Å². The molecule has 2 aromatic rings. The minimum absolute atomic E-state index is 0.104. The monoisotopic (exact) mass is 359 g/mol. The van der Waals surface area contributed by atoms with E-state index in [-0.39, 0.29) is 24.0 Å². The van der Waals surface area contributed by atoms with E-state index in [0.717, 1.165) is 29.9 Å². The van der Waals surface area contributed by atoms with Gasteiger partial charge in [-0.2, -0.15) is 0 Å². The van der Waals surface area contributed by atoms with Crippen LogP contribution >= 0.6 is 11.8 Å². The van der Waals surface area contributed by atoms with Crippen LogP contribution in [-0.4, -0.2) is 32.3 Å². The number of anilines is 1. The highest BCUT2D eigenvalue weighted by Gasteiger charge is 2.30. The summed E-state index contributed by atoms with van der Waals surface area (Å²) in [6.07, 6.45) is 2.42. The van der Waals surface area contributed by atoms with E-state index in [9.17, 15) is 9.59 Å². The fraction of sp³-hybridized carbons (Fsp3) is 0.412. The molecule has 132 valence electrons. The highest BCUT2D eigenvalue weighted by molar-refractivity contribution is 7.99. The number of benzene rings is 1. The Balaban J connectivity index is 1.62. The molecule has 3 rings (SSSR count). The maximum atomic E-state index is 12.2. The number of carbonyl (C=O) groups is 2.